The molecule has 9 N–H and O–H groups in total. The number of carboxylic acids is 1. The summed E-state index contributed by atoms with van der Waals surface area (Å²) >= 11 is 0. The van der Waals surface area contributed by atoms with Crippen molar-refractivity contribution in [1.82, 2.24) is 20.9 Å². The Morgan fingerprint density at radius 1 is 0.705 bits per heavy atom. The largest absolute Gasteiger partial charge is 0.508 e. The highest BCUT2D eigenvalue weighted by molar-refractivity contribution is 5.95. The van der Waals surface area contributed by atoms with Gasteiger partial charge in [-0.1, -0.05) is 60.7 Å². The highest BCUT2D eigenvalue weighted by atomic mass is 16.4. The van der Waals surface area contributed by atoms with E-state index in [0.29, 0.717) is 11.1 Å². The lowest BCUT2D eigenvalue weighted by atomic mass is 10.0. The summed E-state index contributed by atoms with van der Waals surface area (Å²) in [5.41, 5.74) is 8.53. The van der Waals surface area contributed by atoms with E-state index in [9.17, 15) is 34.5 Å². The van der Waals surface area contributed by atoms with E-state index >= 15 is 0 Å². The van der Waals surface area contributed by atoms with E-state index in [1.807, 2.05) is 24.3 Å². The molecule has 0 aliphatic rings. The summed E-state index contributed by atoms with van der Waals surface area (Å²) in [6.45, 7) is -0.635. The van der Waals surface area contributed by atoms with Crippen molar-refractivity contribution >= 4 is 34.6 Å². The maximum Gasteiger partial charge on any atom is 0.326 e. The Labute approximate surface area is 253 Å². The van der Waals surface area contributed by atoms with Crippen LogP contribution < -0.4 is 21.7 Å². The molecule has 0 bridgehead atoms. The van der Waals surface area contributed by atoms with Crippen LogP contribution in [0.25, 0.3) is 10.9 Å². The van der Waals surface area contributed by atoms with Crippen molar-refractivity contribution in [3.05, 3.63) is 102 Å². The number of nitrogens with one attached hydrogen (secondary N) is 4. The predicted octanol–water partition coefficient (Wildman–Crippen LogP) is 0.760. The fourth-order valence-electron chi connectivity index (χ4n) is 4.76. The minimum atomic E-state index is -1.33. The number of phenols is 1. The van der Waals surface area contributed by atoms with Gasteiger partial charge in [0.05, 0.1) is 6.61 Å². The van der Waals surface area contributed by atoms with Gasteiger partial charge in [-0.05, 0) is 34.9 Å². The number of carbonyl (C=O) groups is 4. The third kappa shape index (κ3) is 8.43. The molecule has 4 unspecified atom stereocenters. The van der Waals surface area contributed by atoms with Crippen LogP contribution in [0.3, 0.4) is 0 Å². The number of aliphatic carboxylic acids is 1. The Balaban J connectivity index is 1.58. The second-order valence-corrected chi connectivity index (χ2v) is 10.4. The minimum absolute atomic E-state index is 0.0181. The maximum absolute atomic E-state index is 13.7. The number of phenolic OH excluding ortho intramolecular Hbond substituents is 1. The lowest BCUT2D eigenvalue weighted by Crippen LogP contribution is -2.58. The Morgan fingerprint density at radius 2 is 1.25 bits per heavy atom. The molecule has 0 saturated heterocycles. The lowest BCUT2D eigenvalue weighted by molar-refractivity contribution is -0.142. The van der Waals surface area contributed by atoms with Gasteiger partial charge < -0.3 is 42.0 Å². The molecule has 230 valence electrons. The van der Waals surface area contributed by atoms with Crippen molar-refractivity contribution in [3.8, 4) is 5.75 Å². The summed E-state index contributed by atoms with van der Waals surface area (Å²) in [5, 5.41) is 37.4. The van der Waals surface area contributed by atoms with Gasteiger partial charge in [0.25, 0.3) is 0 Å². The molecule has 3 aromatic carbocycles. The Morgan fingerprint density at radius 3 is 1.91 bits per heavy atom. The first-order chi connectivity index (χ1) is 21.1. The first kappa shape index (κ1) is 31.7. The average molecular weight is 602 g/mol. The highest BCUT2D eigenvalue weighted by Crippen LogP contribution is 2.19. The van der Waals surface area contributed by atoms with Gasteiger partial charge in [-0.3, -0.25) is 14.4 Å². The fourth-order valence-corrected chi connectivity index (χ4v) is 4.76. The van der Waals surface area contributed by atoms with Crippen LogP contribution >= 0.6 is 0 Å². The van der Waals surface area contributed by atoms with Crippen LogP contribution in [0, 0.1) is 0 Å². The number of nitrogens with two attached hydrogens (primary N) is 1. The van der Waals surface area contributed by atoms with Crippen molar-refractivity contribution in [3.63, 3.8) is 0 Å². The standard InChI is InChI=1S/C32H35N5O7/c33-24(18-38)29(40)35-27(16-21-17-34-25-9-5-4-8-23(21)25)31(42)36-26(14-19-6-2-1-3-7-19)30(41)37-28(32(43)44)15-20-10-12-22(39)13-11-20/h1-13,17,24,26-28,34,38-39H,14-16,18,33H2,(H,35,40)(H,36,42)(H,37,41)(H,43,44). The number of aromatic amines is 1. The molecule has 1 heterocycles. The van der Waals surface area contributed by atoms with Gasteiger partial charge in [0, 0.05) is 36.4 Å². The quantitative estimate of drug-likeness (QED) is 0.103. The maximum atomic E-state index is 13.7. The van der Waals surface area contributed by atoms with Crippen molar-refractivity contribution in [1.29, 1.82) is 0 Å². The number of carbonyl (C=O) groups excluding carboxylic acids is 3. The molecule has 12 nitrogen and oxygen atoms in total. The highest BCUT2D eigenvalue weighted by Gasteiger charge is 2.31. The number of benzene rings is 3. The van der Waals surface area contributed by atoms with Crippen LogP contribution in [0.5, 0.6) is 5.75 Å². The van der Waals surface area contributed by atoms with E-state index in [2.05, 4.69) is 20.9 Å². The topological polar surface area (TPSA) is 207 Å². The smallest absolute Gasteiger partial charge is 0.326 e. The van der Waals surface area contributed by atoms with Gasteiger partial charge in [-0.25, -0.2) is 4.79 Å². The van der Waals surface area contributed by atoms with Gasteiger partial charge in [-0.15, -0.1) is 0 Å². The average Bonchev–Trinajstić information content (AvgIpc) is 3.43. The third-order valence-electron chi connectivity index (χ3n) is 7.17. The van der Waals surface area contributed by atoms with Crippen LogP contribution in [-0.2, 0) is 38.4 Å². The minimum Gasteiger partial charge on any atom is -0.508 e. The summed E-state index contributed by atoms with van der Waals surface area (Å²) in [6.07, 6.45) is 1.73. The number of H-pyrrole nitrogens is 1. The Kier molecular flexibility index (Phi) is 10.7. The normalized spacial score (nSPS) is 13.8. The number of hydrogen-bond donors (Lipinski definition) is 8. The zero-order chi connectivity index (χ0) is 31.6. The number of aliphatic hydroxyl groups excluding tert-OH is 1. The number of aromatic nitrogens is 1. The van der Waals surface area contributed by atoms with Crippen LogP contribution in [0.15, 0.2) is 85.1 Å². The number of aromatic hydroxyl groups is 1. The number of amides is 3. The monoisotopic (exact) mass is 601 g/mol. The molecule has 0 aliphatic carbocycles. The van der Waals surface area contributed by atoms with Crippen molar-refractivity contribution in [2.45, 2.75) is 43.4 Å². The molecule has 3 amide bonds. The van der Waals surface area contributed by atoms with E-state index in [-0.39, 0.29) is 25.0 Å². The third-order valence-corrected chi connectivity index (χ3v) is 7.17. The van der Waals surface area contributed by atoms with Gasteiger partial charge >= 0.3 is 5.97 Å². The predicted molar refractivity (Wildman–Crippen MR) is 162 cm³/mol. The Bertz CT molecular complexity index is 1590. The first-order valence-corrected chi connectivity index (χ1v) is 14.0. The molecule has 1 aromatic heterocycles. The number of carboxylic acid groups (broad SMARTS) is 1. The molecule has 0 fully saturated rings. The van der Waals surface area contributed by atoms with Crippen LogP contribution in [-0.4, -0.2) is 74.8 Å². The summed E-state index contributed by atoms with van der Waals surface area (Å²) in [5.74, 6) is -3.45. The van der Waals surface area contributed by atoms with Crippen LogP contribution in [0.1, 0.15) is 16.7 Å². The lowest BCUT2D eigenvalue weighted by Gasteiger charge is -2.25. The van der Waals surface area contributed by atoms with E-state index < -0.39 is 54.5 Å². The summed E-state index contributed by atoms with van der Waals surface area (Å²) in [6, 6.07) is 17.2. The van der Waals surface area contributed by atoms with Gasteiger partial charge in [0.2, 0.25) is 17.7 Å². The van der Waals surface area contributed by atoms with Gasteiger partial charge in [0.15, 0.2) is 0 Å². The molecule has 0 radical (unpaired) electrons. The fraction of sp³-hybridized carbons (Fsp3) is 0.250. The first-order valence-electron chi connectivity index (χ1n) is 14.0. The molecular formula is C32H35N5O7. The molecule has 0 saturated carbocycles. The molecule has 4 rings (SSSR count). The van der Waals surface area contributed by atoms with E-state index in [1.54, 1.807) is 48.7 Å². The number of hydrogen-bond acceptors (Lipinski definition) is 7. The molecule has 0 spiro atoms. The van der Waals surface area contributed by atoms with E-state index in [4.69, 9.17) is 5.73 Å². The number of aliphatic hydroxyl groups is 1. The van der Waals surface area contributed by atoms with Crippen LogP contribution in [0.2, 0.25) is 0 Å². The zero-order valence-corrected chi connectivity index (χ0v) is 23.8. The zero-order valence-electron chi connectivity index (χ0n) is 23.8. The summed E-state index contributed by atoms with van der Waals surface area (Å²) in [7, 11) is 0. The van der Waals surface area contributed by atoms with Gasteiger partial charge in [0.1, 0.15) is 29.9 Å². The number of para-hydroxylation sites is 1. The second kappa shape index (κ2) is 14.8. The second-order valence-electron chi connectivity index (χ2n) is 10.4. The molecule has 0 aliphatic heterocycles. The number of fused-ring (bicyclic) bond motifs is 1. The molecule has 4 aromatic rings. The SMILES string of the molecule is NC(CO)C(=O)NC(Cc1c[nH]c2ccccc12)C(=O)NC(Cc1ccccc1)C(=O)NC(Cc1ccc(O)cc1)C(=O)O. The van der Waals surface area contributed by atoms with Crippen LogP contribution in [0.4, 0.5) is 0 Å². The summed E-state index contributed by atoms with van der Waals surface area (Å²) < 4.78 is 0. The molecule has 44 heavy (non-hydrogen) atoms. The van der Waals surface area contributed by atoms with Crippen molar-refractivity contribution < 1.29 is 34.5 Å². The van der Waals surface area contributed by atoms with Crippen molar-refractivity contribution in [2.75, 3.05) is 6.61 Å². The molecular weight excluding hydrogens is 566 g/mol. The van der Waals surface area contributed by atoms with Crippen molar-refractivity contribution in [2.24, 2.45) is 5.73 Å². The number of rotatable bonds is 14. The van der Waals surface area contributed by atoms with Gasteiger partial charge in [-0.2, -0.15) is 0 Å². The Hall–Kier alpha value is -5.20. The summed E-state index contributed by atoms with van der Waals surface area (Å²) in [4.78, 5) is 55.2. The molecule has 12 heteroatoms. The molecule has 4 atom stereocenters. The van der Waals surface area contributed by atoms with E-state index in [1.165, 1.54) is 12.1 Å². The van der Waals surface area contributed by atoms with E-state index in [0.717, 1.165) is 16.5 Å².